The standard InChI is InChI=1S/C23H21F3N2O4/c24-23(25,26)17-4-1-3-16(12-17)18(13-28-10-2-5-22(28)30)27-21(29)9-7-15-6-8-19-20(11-15)32-14-31-19/h1,3-4,6-9,11-12,18H,2,5,10,13-14H2,(H,27,29). The van der Waals surface area contributed by atoms with Gasteiger partial charge in [0.1, 0.15) is 0 Å². The summed E-state index contributed by atoms with van der Waals surface area (Å²) in [7, 11) is 0. The molecule has 2 aromatic rings. The first-order valence-electron chi connectivity index (χ1n) is 10.1. The zero-order valence-electron chi connectivity index (χ0n) is 17.0. The van der Waals surface area contributed by atoms with Crippen LogP contribution in [0.3, 0.4) is 0 Å². The number of nitrogens with one attached hydrogen (secondary N) is 1. The average Bonchev–Trinajstić information content (AvgIpc) is 3.39. The number of fused-ring (bicyclic) bond motifs is 1. The van der Waals surface area contributed by atoms with Crippen molar-refractivity contribution in [2.24, 2.45) is 0 Å². The van der Waals surface area contributed by atoms with Crippen molar-refractivity contribution < 1.29 is 32.2 Å². The number of carbonyl (C=O) groups excluding carboxylic acids is 2. The van der Waals surface area contributed by atoms with E-state index in [2.05, 4.69) is 5.32 Å². The molecule has 0 spiro atoms. The van der Waals surface area contributed by atoms with Crippen LogP contribution in [0.15, 0.2) is 48.5 Å². The number of benzene rings is 2. The van der Waals surface area contributed by atoms with Crippen molar-refractivity contribution in [1.29, 1.82) is 0 Å². The molecule has 2 heterocycles. The van der Waals surface area contributed by atoms with E-state index in [9.17, 15) is 22.8 Å². The molecule has 1 saturated heterocycles. The number of amides is 2. The Kier molecular flexibility index (Phi) is 6.07. The summed E-state index contributed by atoms with van der Waals surface area (Å²) < 4.78 is 50.1. The highest BCUT2D eigenvalue weighted by Gasteiger charge is 2.32. The molecular weight excluding hydrogens is 425 g/mol. The van der Waals surface area contributed by atoms with Gasteiger partial charge in [-0.05, 0) is 47.9 Å². The predicted octanol–water partition coefficient (Wildman–Crippen LogP) is 3.93. The van der Waals surface area contributed by atoms with Crippen LogP contribution in [-0.2, 0) is 15.8 Å². The summed E-state index contributed by atoms with van der Waals surface area (Å²) in [4.78, 5) is 26.2. The summed E-state index contributed by atoms with van der Waals surface area (Å²) in [6.07, 6.45) is -0.557. The molecule has 4 rings (SSSR count). The number of halogens is 3. The topological polar surface area (TPSA) is 67.9 Å². The number of hydrogen-bond acceptors (Lipinski definition) is 4. The minimum atomic E-state index is -4.51. The largest absolute Gasteiger partial charge is 0.454 e. The lowest BCUT2D eigenvalue weighted by Crippen LogP contribution is -2.38. The Bertz CT molecular complexity index is 1050. The third-order valence-corrected chi connectivity index (χ3v) is 5.33. The number of hydrogen-bond donors (Lipinski definition) is 1. The monoisotopic (exact) mass is 446 g/mol. The van der Waals surface area contributed by atoms with E-state index < -0.39 is 23.7 Å². The third-order valence-electron chi connectivity index (χ3n) is 5.33. The molecule has 2 amide bonds. The van der Waals surface area contributed by atoms with Crippen LogP contribution in [0.4, 0.5) is 13.2 Å². The van der Waals surface area contributed by atoms with E-state index >= 15 is 0 Å². The number of nitrogens with zero attached hydrogens (tertiary/aromatic N) is 1. The van der Waals surface area contributed by atoms with Crippen LogP contribution in [0.5, 0.6) is 11.5 Å². The molecule has 0 bridgehead atoms. The SMILES string of the molecule is O=C(C=Cc1ccc2c(c1)OCO2)NC(CN1CCCC1=O)c1cccc(C(F)(F)F)c1. The van der Waals surface area contributed by atoms with Crippen molar-refractivity contribution in [3.63, 3.8) is 0 Å². The molecule has 168 valence electrons. The first kappa shape index (κ1) is 21.7. The Balaban J connectivity index is 1.52. The van der Waals surface area contributed by atoms with Crippen molar-refractivity contribution in [3.8, 4) is 11.5 Å². The maximum absolute atomic E-state index is 13.2. The van der Waals surface area contributed by atoms with Gasteiger partial charge >= 0.3 is 6.18 Å². The normalized spacial score (nSPS) is 16.6. The zero-order chi connectivity index (χ0) is 22.7. The van der Waals surface area contributed by atoms with Gasteiger partial charge in [-0.15, -0.1) is 0 Å². The molecule has 32 heavy (non-hydrogen) atoms. The van der Waals surface area contributed by atoms with Crippen LogP contribution < -0.4 is 14.8 Å². The molecule has 6 nitrogen and oxygen atoms in total. The second kappa shape index (κ2) is 8.94. The molecular formula is C23H21F3N2O4. The highest BCUT2D eigenvalue weighted by Crippen LogP contribution is 2.33. The Morgan fingerprint density at radius 3 is 2.72 bits per heavy atom. The minimum Gasteiger partial charge on any atom is -0.454 e. The lowest BCUT2D eigenvalue weighted by atomic mass is 10.0. The van der Waals surface area contributed by atoms with Crippen LogP contribution in [-0.4, -0.2) is 36.6 Å². The molecule has 2 aromatic carbocycles. The summed E-state index contributed by atoms with van der Waals surface area (Å²) in [6, 6.07) is 9.21. The van der Waals surface area contributed by atoms with Crippen molar-refractivity contribution in [2.45, 2.75) is 25.1 Å². The number of rotatable bonds is 6. The fourth-order valence-electron chi connectivity index (χ4n) is 3.69. The van der Waals surface area contributed by atoms with Gasteiger partial charge in [0.15, 0.2) is 11.5 Å². The van der Waals surface area contributed by atoms with Crippen LogP contribution in [0.1, 0.15) is 35.6 Å². The molecule has 2 aliphatic heterocycles. The van der Waals surface area contributed by atoms with Gasteiger partial charge in [0.05, 0.1) is 11.6 Å². The van der Waals surface area contributed by atoms with Crippen LogP contribution in [0.25, 0.3) is 6.08 Å². The molecule has 0 aliphatic carbocycles. The second-order valence-electron chi connectivity index (χ2n) is 7.57. The summed E-state index contributed by atoms with van der Waals surface area (Å²) in [5, 5.41) is 2.74. The average molecular weight is 446 g/mol. The Labute approximate surface area is 182 Å². The molecule has 9 heteroatoms. The van der Waals surface area contributed by atoms with E-state index in [1.807, 2.05) is 0 Å². The smallest absolute Gasteiger partial charge is 0.416 e. The molecule has 1 fully saturated rings. The number of likely N-dealkylation sites (tertiary alicyclic amines) is 1. The van der Waals surface area contributed by atoms with Gasteiger partial charge in [0.25, 0.3) is 0 Å². The number of ether oxygens (including phenoxy) is 2. The highest BCUT2D eigenvalue weighted by molar-refractivity contribution is 5.92. The first-order chi connectivity index (χ1) is 15.3. The van der Waals surface area contributed by atoms with Crippen LogP contribution in [0.2, 0.25) is 0 Å². The zero-order valence-corrected chi connectivity index (χ0v) is 17.0. The van der Waals surface area contributed by atoms with E-state index in [4.69, 9.17) is 9.47 Å². The second-order valence-corrected chi connectivity index (χ2v) is 7.57. The van der Waals surface area contributed by atoms with E-state index in [0.717, 1.165) is 12.1 Å². The lowest BCUT2D eigenvalue weighted by Gasteiger charge is -2.25. The fourth-order valence-corrected chi connectivity index (χ4v) is 3.69. The predicted molar refractivity (Wildman–Crippen MR) is 110 cm³/mol. The molecule has 0 aromatic heterocycles. The lowest BCUT2D eigenvalue weighted by molar-refractivity contribution is -0.137. The molecule has 1 N–H and O–H groups in total. The number of carbonyl (C=O) groups is 2. The molecule has 1 atom stereocenters. The van der Waals surface area contributed by atoms with Crippen LogP contribution >= 0.6 is 0 Å². The van der Waals surface area contributed by atoms with E-state index in [1.54, 1.807) is 29.2 Å². The highest BCUT2D eigenvalue weighted by atomic mass is 19.4. The third kappa shape index (κ3) is 5.04. The molecule has 0 saturated carbocycles. The minimum absolute atomic E-state index is 0.0767. The van der Waals surface area contributed by atoms with Gasteiger partial charge in [0.2, 0.25) is 18.6 Å². The fraction of sp³-hybridized carbons (Fsp3) is 0.304. The van der Waals surface area contributed by atoms with Gasteiger partial charge in [0, 0.05) is 25.6 Å². The van der Waals surface area contributed by atoms with E-state index in [0.29, 0.717) is 36.4 Å². The molecule has 0 radical (unpaired) electrons. The first-order valence-corrected chi connectivity index (χ1v) is 10.1. The van der Waals surface area contributed by atoms with Crippen molar-refractivity contribution in [1.82, 2.24) is 10.2 Å². The number of alkyl halides is 3. The van der Waals surface area contributed by atoms with Gasteiger partial charge in [-0.3, -0.25) is 9.59 Å². The Morgan fingerprint density at radius 2 is 1.97 bits per heavy atom. The summed E-state index contributed by atoms with van der Waals surface area (Å²) in [5.41, 5.74) is 0.178. The maximum atomic E-state index is 13.2. The molecule has 1 unspecified atom stereocenters. The summed E-state index contributed by atoms with van der Waals surface area (Å²) >= 11 is 0. The van der Waals surface area contributed by atoms with Crippen molar-refractivity contribution in [3.05, 3.63) is 65.2 Å². The summed E-state index contributed by atoms with van der Waals surface area (Å²) in [5.74, 6) is 0.622. The van der Waals surface area contributed by atoms with Gasteiger partial charge in [-0.25, -0.2) is 0 Å². The van der Waals surface area contributed by atoms with Crippen molar-refractivity contribution in [2.75, 3.05) is 19.9 Å². The van der Waals surface area contributed by atoms with Gasteiger partial charge in [-0.2, -0.15) is 13.2 Å². The van der Waals surface area contributed by atoms with Gasteiger partial charge in [-0.1, -0.05) is 18.2 Å². The Morgan fingerprint density at radius 1 is 1.16 bits per heavy atom. The van der Waals surface area contributed by atoms with Crippen molar-refractivity contribution >= 4 is 17.9 Å². The summed E-state index contributed by atoms with van der Waals surface area (Å²) in [6.45, 7) is 0.748. The van der Waals surface area contributed by atoms with Crippen LogP contribution in [0, 0.1) is 0 Å². The Hall–Kier alpha value is -3.49. The maximum Gasteiger partial charge on any atom is 0.416 e. The van der Waals surface area contributed by atoms with Gasteiger partial charge < -0.3 is 19.7 Å². The quantitative estimate of drug-likeness (QED) is 0.683. The molecule has 2 aliphatic rings. The van der Waals surface area contributed by atoms with E-state index in [1.165, 1.54) is 18.2 Å². The van der Waals surface area contributed by atoms with E-state index in [-0.39, 0.29) is 24.8 Å².